The Balaban J connectivity index is 1.16. The van der Waals surface area contributed by atoms with Crippen LogP contribution >= 0.6 is 0 Å². The first-order valence-electron chi connectivity index (χ1n) is 16.4. The number of ether oxygens (including phenoxy) is 3. The largest absolute Gasteiger partial charge is 0.491 e. The van der Waals surface area contributed by atoms with Crippen molar-refractivity contribution in [2.75, 3.05) is 26.7 Å². The summed E-state index contributed by atoms with van der Waals surface area (Å²) in [5.41, 5.74) is 4.71. The number of hydrogen-bond acceptors (Lipinski definition) is 6. The Kier molecular flexibility index (Phi) is 10.7. The molecule has 2 aliphatic rings. The van der Waals surface area contributed by atoms with Gasteiger partial charge >= 0.3 is 6.09 Å². The zero-order valence-corrected chi connectivity index (χ0v) is 27.1. The van der Waals surface area contributed by atoms with E-state index in [1.807, 2.05) is 54.6 Å². The van der Waals surface area contributed by atoms with Crippen molar-refractivity contribution >= 4 is 17.9 Å². The minimum Gasteiger partial charge on any atom is -0.491 e. The lowest BCUT2D eigenvalue weighted by Gasteiger charge is -2.30. The minimum absolute atomic E-state index is 0.0883. The molecule has 1 saturated heterocycles. The molecule has 0 saturated carbocycles. The van der Waals surface area contributed by atoms with E-state index in [9.17, 15) is 14.4 Å². The van der Waals surface area contributed by atoms with Crippen LogP contribution in [0.1, 0.15) is 40.7 Å². The van der Waals surface area contributed by atoms with E-state index < -0.39 is 12.1 Å². The fourth-order valence-electron chi connectivity index (χ4n) is 6.19. The molecule has 0 spiro atoms. The molecule has 0 aromatic heterocycles. The van der Waals surface area contributed by atoms with Crippen LogP contribution in [-0.4, -0.2) is 72.6 Å². The highest BCUT2D eigenvalue weighted by Gasteiger charge is 2.39. The molecular weight excluding hydrogens is 606 g/mol. The Morgan fingerprint density at radius 3 is 2.29 bits per heavy atom. The van der Waals surface area contributed by atoms with Gasteiger partial charge in [0.2, 0.25) is 5.91 Å². The first-order valence-corrected chi connectivity index (χ1v) is 16.4. The van der Waals surface area contributed by atoms with E-state index in [0.29, 0.717) is 50.3 Å². The van der Waals surface area contributed by atoms with E-state index in [4.69, 9.17) is 14.2 Å². The van der Waals surface area contributed by atoms with Gasteiger partial charge < -0.3 is 29.3 Å². The summed E-state index contributed by atoms with van der Waals surface area (Å²) in [5.74, 6) is 0.197. The van der Waals surface area contributed by atoms with Crippen LogP contribution < -0.4 is 10.1 Å². The molecule has 0 unspecified atom stereocenters. The van der Waals surface area contributed by atoms with Gasteiger partial charge in [-0.1, -0.05) is 91.0 Å². The standard InChI is InChI=1S/C39H41N3O6/c1-41-21-9-16-36(40-39(45)48-26-28-10-4-2-5-11-28)38(44)42-24-35(23-33(42)27-47-34-15-8-14-32(22-34)37(41)43)46-25-29-17-19-31(20-18-29)30-12-6-3-7-13-30/h2-8,10-15,17-20,22,33,35-36H,9,16,21,23-27H2,1H3,(H,40,45)/t33-,35-,36-/m0/s1. The number of nitrogens with zero attached hydrogens (tertiary/aromatic N) is 2. The molecule has 2 bridgehead atoms. The van der Waals surface area contributed by atoms with Gasteiger partial charge in [-0.3, -0.25) is 9.59 Å². The third kappa shape index (κ3) is 8.41. The van der Waals surface area contributed by atoms with Gasteiger partial charge in [0.1, 0.15) is 25.0 Å². The smallest absolute Gasteiger partial charge is 0.408 e. The number of amides is 3. The van der Waals surface area contributed by atoms with Gasteiger partial charge in [-0.05, 0) is 59.7 Å². The molecule has 1 N–H and O–H groups in total. The van der Waals surface area contributed by atoms with E-state index in [2.05, 4.69) is 41.7 Å². The van der Waals surface area contributed by atoms with Crippen LogP contribution in [0.25, 0.3) is 11.1 Å². The molecule has 0 radical (unpaired) electrons. The molecule has 248 valence electrons. The van der Waals surface area contributed by atoms with E-state index in [1.165, 1.54) is 0 Å². The van der Waals surface area contributed by atoms with Crippen molar-refractivity contribution < 1.29 is 28.6 Å². The Hall–Kier alpha value is -5.15. The number of carbonyl (C=O) groups excluding carboxylic acids is 3. The van der Waals surface area contributed by atoms with Gasteiger partial charge in [0.15, 0.2) is 0 Å². The van der Waals surface area contributed by atoms with Crippen molar-refractivity contribution in [3.8, 4) is 16.9 Å². The lowest BCUT2D eigenvalue weighted by molar-refractivity contribution is -0.135. The Morgan fingerprint density at radius 2 is 1.52 bits per heavy atom. The number of hydrogen-bond donors (Lipinski definition) is 1. The molecule has 9 heteroatoms. The van der Waals surface area contributed by atoms with Crippen molar-refractivity contribution in [2.24, 2.45) is 0 Å². The molecule has 4 aromatic carbocycles. The third-order valence-corrected chi connectivity index (χ3v) is 8.87. The van der Waals surface area contributed by atoms with Gasteiger partial charge in [-0.2, -0.15) is 0 Å². The highest BCUT2D eigenvalue weighted by Crippen LogP contribution is 2.26. The maximum atomic E-state index is 14.2. The predicted molar refractivity (Wildman–Crippen MR) is 182 cm³/mol. The number of carbonyl (C=O) groups is 3. The van der Waals surface area contributed by atoms with Crippen LogP contribution in [0.2, 0.25) is 0 Å². The summed E-state index contributed by atoms with van der Waals surface area (Å²) in [6.45, 7) is 1.48. The summed E-state index contributed by atoms with van der Waals surface area (Å²) < 4.78 is 18.0. The van der Waals surface area contributed by atoms with Crippen LogP contribution in [0.4, 0.5) is 4.79 Å². The number of nitrogens with one attached hydrogen (secondary N) is 1. The van der Waals surface area contributed by atoms with Crippen LogP contribution in [0.15, 0.2) is 109 Å². The zero-order valence-electron chi connectivity index (χ0n) is 27.1. The van der Waals surface area contributed by atoms with Gasteiger partial charge in [-0.15, -0.1) is 0 Å². The maximum Gasteiger partial charge on any atom is 0.408 e. The molecule has 2 heterocycles. The number of benzene rings is 4. The molecule has 6 rings (SSSR count). The summed E-state index contributed by atoms with van der Waals surface area (Å²) in [6.07, 6.45) is 0.513. The Bertz CT molecular complexity index is 1680. The van der Waals surface area contributed by atoms with E-state index >= 15 is 0 Å². The van der Waals surface area contributed by atoms with Crippen LogP contribution in [0, 0.1) is 0 Å². The lowest BCUT2D eigenvalue weighted by Crippen LogP contribution is -2.51. The van der Waals surface area contributed by atoms with Gasteiger partial charge in [0, 0.05) is 25.7 Å². The molecule has 3 amide bonds. The number of rotatable bonds is 7. The first kappa shape index (κ1) is 32.8. The quantitative estimate of drug-likeness (QED) is 0.261. The molecule has 4 aromatic rings. The number of fused-ring (bicyclic) bond motifs is 3. The fourth-order valence-corrected chi connectivity index (χ4v) is 6.19. The summed E-state index contributed by atoms with van der Waals surface area (Å²) >= 11 is 0. The first-order chi connectivity index (χ1) is 23.4. The van der Waals surface area contributed by atoms with Crippen molar-refractivity contribution in [2.45, 2.75) is 50.7 Å². The molecular formula is C39H41N3O6. The molecule has 0 aliphatic carbocycles. The average Bonchev–Trinajstić information content (AvgIpc) is 3.55. The summed E-state index contributed by atoms with van der Waals surface area (Å²) in [4.78, 5) is 43.6. The highest BCUT2D eigenvalue weighted by atomic mass is 16.5. The second-order valence-electron chi connectivity index (χ2n) is 12.3. The predicted octanol–water partition coefficient (Wildman–Crippen LogP) is 6.08. The van der Waals surface area contributed by atoms with E-state index in [-0.39, 0.29) is 37.2 Å². The van der Waals surface area contributed by atoms with Gasteiger partial charge in [-0.25, -0.2) is 4.79 Å². The second-order valence-corrected chi connectivity index (χ2v) is 12.3. The van der Waals surface area contributed by atoms with Crippen molar-refractivity contribution in [3.05, 3.63) is 126 Å². The monoisotopic (exact) mass is 647 g/mol. The molecule has 48 heavy (non-hydrogen) atoms. The normalized spacial score (nSPS) is 20.0. The van der Waals surface area contributed by atoms with Crippen molar-refractivity contribution in [1.82, 2.24) is 15.1 Å². The second kappa shape index (κ2) is 15.6. The molecule has 9 nitrogen and oxygen atoms in total. The number of alkyl carbamates (subject to hydrolysis) is 1. The Morgan fingerprint density at radius 1 is 0.833 bits per heavy atom. The zero-order chi connectivity index (χ0) is 33.3. The van der Waals surface area contributed by atoms with Crippen LogP contribution in [0.3, 0.4) is 0 Å². The fraction of sp³-hybridized carbons (Fsp3) is 0.308. The molecule has 2 aliphatic heterocycles. The summed E-state index contributed by atoms with van der Waals surface area (Å²) in [7, 11) is 1.73. The average molecular weight is 648 g/mol. The molecule has 1 fully saturated rings. The Labute approximate surface area is 281 Å². The van der Waals surface area contributed by atoms with Gasteiger partial charge in [0.05, 0.1) is 18.8 Å². The maximum absolute atomic E-state index is 14.2. The lowest BCUT2D eigenvalue weighted by atomic mass is 10.0. The van der Waals surface area contributed by atoms with Crippen LogP contribution in [0.5, 0.6) is 5.75 Å². The van der Waals surface area contributed by atoms with E-state index in [0.717, 1.165) is 22.3 Å². The highest BCUT2D eigenvalue weighted by molar-refractivity contribution is 5.94. The topological polar surface area (TPSA) is 97.4 Å². The van der Waals surface area contributed by atoms with Crippen molar-refractivity contribution in [1.29, 1.82) is 0 Å². The molecule has 3 atom stereocenters. The summed E-state index contributed by atoms with van der Waals surface area (Å²) in [6, 6.07) is 33.9. The summed E-state index contributed by atoms with van der Waals surface area (Å²) in [5, 5.41) is 2.82. The third-order valence-electron chi connectivity index (χ3n) is 8.87. The van der Waals surface area contributed by atoms with E-state index in [1.54, 1.807) is 35.0 Å². The SMILES string of the molecule is CN1CCC[C@H](NC(=O)OCc2ccccc2)C(=O)N2C[C@@H](OCc3ccc(-c4ccccc4)cc3)C[C@H]2COc2cccc(c2)C1=O. The minimum atomic E-state index is -0.843. The van der Waals surface area contributed by atoms with Gasteiger partial charge in [0.25, 0.3) is 5.91 Å². The van der Waals surface area contributed by atoms with Crippen LogP contribution in [-0.2, 0) is 27.5 Å². The van der Waals surface area contributed by atoms with Crippen molar-refractivity contribution in [3.63, 3.8) is 0 Å².